The number of halogens is 2. The number of hydrogen-bond donors (Lipinski definition) is 0. The van der Waals surface area contributed by atoms with E-state index in [9.17, 15) is 26.8 Å². The third-order valence-electron chi connectivity index (χ3n) is 5.86. The van der Waals surface area contributed by atoms with Crippen molar-refractivity contribution in [2.75, 3.05) is 32.8 Å². The number of carbonyl (C=O) groups excluding carboxylic acids is 2. The molecular formula is C21H28F2N2O5S. The first-order valence-electron chi connectivity index (χ1n) is 10.7. The van der Waals surface area contributed by atoms with Crippen molar-refractivity contribution in [1.29, 1.82) is 0 Å². The first-order valence-corrected chi connectivity index (χ1v) is 12.1. The molecule has 0 unspecified atom stereocenters. The van der Waals surface area contributed by atoms with E-state index < -0.39 is 33.5 Å². The highest BCUT2D eigenvalue weighted by Crippen LogP contribution is 2.25. The highest BCUT2D eigenvalue weighted by molar-refractivity contribution is 7.89. The van der Waals surface area contributed by atoms with E-state index in [1.165, 1.54) is 6.42 Å². The smallest absolute Gasteiger partial charge is 0.309 e. The Hall–Kier alpha value is -2.07. The van der Waals surface area contributed by atoms with Crippen LogP contribution < -0.4 is 0 Å². The van der Waals surface area contributed by atoms with Gasteiger partial charge in [-0.1, -0.05) is 19.3 Å². The maximum atomic E-state index is 13.4. The first kappa shape index (κ1) is 23.6. The van der Waals surface area contributed by atoms with Crippen LogP contribution in [0.15, 0.2) is 23.1 Å². The number of hydrogen-bond acceptors (Lipinski definition) is 5. The summed E-state index contributed by atoms with van der Waals surface area (Å²) in [6.45, 7) is 1.17. The normalized spacial score (nSPS) is 19.5. The molecule has 0 N–H and O–H groups in total. The number of esters is 1. The predicted molar refractivity (Wildman–Crippen MR) is 108 cm³/mol. The van der Waals surface area contributed by atoms with Crippen molar-refractivity contribution in [3.63, 3.8) is 0 Å². The molecular weight excluding hydrogens is 430 g/mol. The second kappa shape index (κ2) is 10.5. The Morgan fingerprint density at radius 1 is 0.935 bits per heavy atom. The maximum Gasteiger partial charge on any atom is 0.309 e. The van der Waals surface area contributed by atoms with Gasteiger partial charge in [0.05, 0.1) is 10.8 Å². The third kappa shape index (κ3) is 6.00. The van der Waals surface area contributed by atoms with E-state index in [1.807, 2.05) is 0 Å². The van der Waals surface area contributed by atoms with Crippen LogP contribution in [0.3, 0.4) is 0 Å². The number of piperidine rings is 1. The van der Waals surface area contributed by atoms with Crippen LogP contribution in [-0.2, 0) is 24.3 Å². The van der Waals surface area contributed by atoms with E-state index in [-0.39, 0.29) is 43.3 Å². The lowest BCUT2D eigenvalue weighted by molar-refractivity contribution is -0.156. The Labute approximate surface area is 181 Å². The zero-order valence-corrected chi connectivity index (χ0v) is 18.2. The highest BCUT2D eigenvalue weighted by atomic mass is 32.2. The van der Waals surface area contributed by atoms with Gasteiger partial charge in [-0.2, -0.15) is 4.31 Å². The average Bonchev–Trinajstić information content (AvgIpc) is 2.73. The van der Waals surface area contributed by atoms with Crippen LogP contribution in [0.5, 0.6) is 0 Å². The van der Waals surface area contributed by atoms with Gasteiger partial charge in [0.25, 0.3) is 5.91 Å². The Kier molecular flexibility index (Phi) is 7.99. The third-order valence-corrected chi connectivity index (χ3v) is 7.76. The van der Waals surface area contributed by atoms with Crippen molar-refractivity contribution >= 4 is 21.9 Å². The zero-order chi connectivity index (χ0) is 22.4. The summed E-state index contributed by atoms with van der Waals surface area (Å²) in [6, 6.07) is 2.45. The van der Waals surface area contributed by atoms with Crippen LogP contribution in [0, 0.1) is 17.6 Å². The second-order valence-corrected chi connectivity index (χ2v) is 9.95. The van der Waals surface area contributed by atoms with Crippen molar-refractivity contribution in [1.82, 2.24) is 9.21 Å². The molecule has 2 aliphatic heterocycles. The molecule has 0 bridgehead atoms. The number of carbonyl (C=O) groups is 2. The summed E-state index contributed by atoms with van der Waals surface area (Å²) in [5.41, 5.74) is 0. The van der Waals surface area contributed by atoms with E-state index in [1.54, 1.807) is 4.90 Å². The Bertz CT molecular complexity index is 893. The fraction of sp³-hybridized carbons (Fsp3) is 0.619. The maximum absolute atomic E-state index is 13.4. The second-order valence-electron chi connectivity index (χ2n) is 8.01. The number of rotatable bonds is 5. The number of ether oxygens (including phenoxy) is 1. The van der Waals surface area contributed by atoms with Gasteiger partial charge >= 0.3 is 5.97 Å². The van der Waals surface area contributed by atoms with Crippen LogP contribution in [0.25, 0.3) is 0 Å². The van der Waals surface area contributed by atoms with E-state index in [4.69, 9.17) is 4.74 Å². The van der Waals surface area contributed by atoms with Gasteiger partial charge in [-0.3, -0.25) is 9.59 Å². The molecule has 1 amide bonds. The summed E-state index contributed by atoms with van der Waals surface area (Å²) in [5.74, 6) is -3.56. The molecule has 2 aliphatic rings. The van der Waals surface area contributed by atoms with E-state index >= 15 is 0 Å². The molecule has 0 aliphatic carbocycles. The Balaban J connectivity index is 1.49. The van der Waals surface area contributed by atoms with Crippen LogP contribution in [-0.4, -0.2) is 62.3 Å². The van der Waals surface area contributed by atoms with Crippen LogP contribution >= 0.6 is 0 Å². The molecule has 1 aromatic carbocycles. The lowest BCUT2D eigenvalue weighted by Crippen LogP contribution is -2.41. The molecule has 10 heteroatoms. The van der Waals surface area contributed by atoms with E-state index in [2.05, 4.69) is 0 Å². The van der Waals surface area contributed by atoms with Gasteiger partial charge < -0.3 is 9.64 Å². The SMILES string of the molecule is O=C(OCC(=O)N1CCCCCCC1)C1CCN(S(=O)(=O)c2ccc(F)c(F)c2)CC1. The van der Waals surface area contributed by atoms with Crippen molar-refractivity contribution in [3.05, 3.63) is 29.8 Å². The molecule has 0 saturated carbocycles. The van der Waals surface area contributed by atoms with Crippen LogP contribution in [0.4, 0.5) is 8.78 Å². The number of amides is 1. The Morgan fingerprint density at radius 2 is 1.55 bits per heavy atom. The van der Waals surface area contributed by atoms with Crippen molar-refractivity contribution in [2.45, 2.75) is 49.8 Å². The van der Waals surface area contributed by atoms with Crippen molar-refractivity contribution in [2.24, 2.45) is 5.92 Å². The lowest BCUT2D eigenvalue weighted by atomic mass is 9.98. The highest BCUT2D eigenvalue weighted by Gasteiger charge is 2.33. The predicted octanol–water partition coefficient (Wildman–Crippen LogP) is 2.70. The van der Waals surface area contributed by atoms with E-state index in [0.717, 1.165) is 42.1 Å². The molecule has 0 atom stereocenters. The molecule has 7 nitrogen and oxygen atoms in total. The largest absolute Gasteiger partial charge is 0.455 e. The fourth-order valence-electron chi connectivity index (χ4n) is 3.96. The molecule has 2 fully saturated rings. The van der Waals surface area contributed by atoms with Crippen molar-refractivity contribution in [3.8, 4) is 0 Å². The molecule has 1 aromatic rings. The zero-order valence-electron chi connectivity index (χ0n) is 17.4. The number of benzene rings is 1. The van der Waals surface area contributed by atoms with Gasteiger partial charge in [0.15, 0.2) is 18.2 Å². The number of sulfonamides is 1. The quantitative estimate of drug-likeness (QED) is 0.634. The molecule has 2 saturated heterocycles. The van der Waals surface area contributed by atoms with Crippen LogP contribution in [0.1, 0.15) is 44.9 Å². The van der Waals surface area contributed by atoms with Crippen molar-refractivity contribution < 1.29 is 31.5 Å². The Morgan fingerprint density at radius 3 is 2.16 bits per heavy atom. The minimum Gasteiger partial charge on any atom is -0.455 e. The lowest BCUT2D eigenvalue weighted by Gasteiger charge is -2.30. The summed E-state index contributed by atoms with van der Waals surface area (Å²) >= 11 is 0. The van der Waals surface area contributed by atoms with Gasteiger partial charge in [0, 0.05) is 26.2 Å². The van der Waals surface area contributed by atoms with Gasteiger partial charge in [-0.15, -0.1) is 0 Å². The number of nitrogens with zero attached hydrogens (tertiary/aromatic N) is 2. The minimum atomic E-state index is -3.98. The molecule has 31 heavy (non-hydrogen) atoms. The molecule has 2 heterocycles. The average molecular weight is 459 g/mol. The van der Waals surface area contributed by atoms with E-state index in [0.29, 0.717) is 19.2 Å². The standard InChI is InChI=1S/C21H28F2N2O5S/c22-18-7-6-17(14-19(18)23)31(28,29)25-12-8-16(9-13-25)21(27)30-15-20(26)24-10-4-2-1-3-5-11-24/h6-7,14,16H,1-5,8-13,15H2. The molecule has 0 radical (unpaired) electrons. The summed E-state index contributed by atoms with van der Waals surface area (Å²) in [6.07, 6.45) is 5.74. The molecule has 0 aromatic heterocycles. The summed E-state index contributed by atoms with van der Waals surface area (Å²) in [5, 5.41) is 0. The van der Waals surface area contributed by atoms with Gasteiger partial charge in [-0.25, -0.2) is 17.2 Å². The minimum absolute atomic E-state index is 0.0567. The fourth-order valence-corrected chi connectivity index (χ4v) is 5.44. The van der Waals surface area contributed by atoms with Gasteiger partial charge in [-0.05, 0) is 43.9 Å². The van der Waals surface area contributed by atoms with Gasteiger partial charge in [0.1, 0.15) is 0 Å². The molecule has 3 rings (SSSR count). The molecule has 0 spiro atoms. The monoisotopic (exact) mass is 458 g/mol. The summed E-state index contributed by atoms with van der Waals surface area (Å²) in [7, 11) is -3.98. The topological polar surface area (TPSA) is 84.0 Å². The first-order chi connectivity index (χ1) is 14.8. The molecule has 172 valence electrons. The number of likely N-dealkylation sites (tertiary alicyclic amines) is 1. The summed E-state index contributed by atoms with van der Waals surface area (Å²) in [4.78, 5) is 26.1. The summed E-state index contributed by atoms with van der Waals surface area (Å²) < 4.78 is 58.2. The van der Waals surface area contributed by atoms with Crippen LogP contribution in [0.2, 0.25) is 0 Å². The van der Waals surface area contributed by atoms with Gasteiger partial charge in [0.2, 0.25) is 10.0 Å².